The molecule has 1 atom stereocenters. The molecule has 0 radical (unpaired) electrons. The normalized spacial score (nSPS) is 11.9. The molecule has 0 aliphatic heterocycles. The number of imidazole rings is 1. The smallest absolute Gasteiger partial charge is 0.131 e. The summed E-state index contributed by atoms with van der Waals surface area (Å²) in [4.78, 5) is 7.58. The number of nitrogens with zero attached hydrogens (tertiary/aromatic N) is 2. The van der Waals surface area contributed by atoms with Crippen molar-refractivity contribution in [1.82, 2.24) is 9.97 Å². The highest BCUT2D eigenvalue weighted by atomic mass is 16.5. The standard InChI is InChI=1S/C16H19N3O/c1-5-12(8-17)16-18-9-14(19-16)13-7-10(2)6-11(3)15(13)20-4/h6-7,9,12H,5H2,1-4H3,(H,18,19). The zero-order valence-corrected chi connectivity index (χ0v) is 12.3. The van der Waals surface area contributed by atoms with Gasteiger partial charge >= 0.3 is 0 Å². The summed E-state index contributed by atoms with van der Waals surface area (Å²) in [6.07, 6.45) is 2.51. The minimum absolute atomic E-state index is 0.194. The van der Waals surface area contributed by atoms with Crippen molar-refractivity contribution in [3.8, 4) is 23.1 Å². The molecule has 1 heterocycles. The van der Waals surface area contributed by atoms with E-state index in [-0.39, 0.29) is 5.92 Å². The molecular weight excluding hydrogens is 250 g/mol. The third kappa shape index (κ3) is 2.53. The van der Waals surface area contributed by atoms with E-state index in [1.54, 1.807) is 13.3 Å². The van der Waals surface area contributed by atoms with Gasteiger partial charge in [-0.3, -0.25) is 0 Å². The van der Waals surface area contributed by atoms with Crippen molar-refractivity contribution in [3.05, 3.63) is 35.3 Å². The van der Waals surface area contributed by atoms with E-state index in [1.165, 1.54) is 5.56 Å². The van der Waals surface area contributed by atoms with Crippen molar-refractivity contribution >= 4 is 0 Å². The summed E-state index contributed by atoms with van der Waals surface area (Å²) in [5.41, 5.74) is 4.13. The number of ether oxygens (including phenoxy) is 1. The highest BCUT2D eigenvalue weighted by Gasteiger charge is 2.16. The van der Waals surface area contributed by atoms with Gasteiger partial charge in [0, 0.05) is 5.56 Å². The predicted octanol–water partition coefficient (Wildman–Crippen LogP) is 3.72. The molecule has 1 unspecified atom stereocenters. The largest absolute Gasteiger partial charge is 0.496 e. The molecule has 2 rings (SSSR count). The third-order valence-corrected chi connectivity index (χ3v) is 3.40. The van der Waals surface area contributed by atoms with Crippen LogP contribution in [0.25, 0.3) is 11.3 Å². The Bertz CT molecular complexity index is 652. The van der Waals surface area contributed by atoms with Crippen LogP contribution in [0, 0.1) is 25.2 Å². The van der Waals surface area contributed by atoms with Gasteiger partial charge in [0.15, 0.2) is 0 Å². The van der Waals surface area contributed by atoms with Crippen LogP contribution in [0.2, 0.25) is 0 Å². The topological polar surface area (TPSA) is 61.7 Å². The Kier molecular flexibility index (Phi) is 4.09. The van der Waals surface area contributed by atoms with E-state index in [0.717, 1.165) is 29.0 Å². The minimum Gasteiger partial charge on any atom is -0.496 e. The second-order valence-electron chi connectivity index (χ2n) is 4.93. The van der Waals surface area contributed by atoms with Crippen molar-refractivity contribution in [2.75, 3.05) is 7.11 Å². The van der Waals surface area contributed by atoms with Crippen LogP contribution < -0.4 is 4.74 Å². The zero-order valence-electron chi connectivity index (χ0n) is 12.3. The van der Waals surface area contributed by atoms with Gasteiger partial charge in [0.1, 0.15) is 17.5 Å². The van der Waals surface area contributed by atoms with E-state index in [4.69, 9.17) is 10.00 Å². The van der Waals surface area contributed by atoms with E-state index < -0.39 is 0 Å². The molecule has 0 saturated carbocycles. The average molecular weight is 269 g/mol. The summed E-state index contributed by atoms with van der Waals surface area (Å²) < 4.78 is 5.50. The second-order valence-corrected chi connectivity index (χ2v) is 4.93. The maximum Gasteiger partial charge on any atom is 0.131 e. The van der Waals surface area contributed by atoms with Crippen molar-refractivity contribution in [1.29, 1.82) is 5.26 Å². The van der Waals surface area contributed by atoms with Crippen LogP contribution in [-0.4, -0.2) is 17.1 Å². The number of hydrogen-bond donors (Lipinski definition) is 1. The van der Waals surface area contributed by atoms with Crippen LogP contribution in [0.1, 0.15) is 36.2 Å². The van der Waals surface area contributed by atoms with Crippen LogP contribution in [0.5, 0.6) is 5.75 Å². The molecule has 2 aromatic rings. The number of aromatic nitrogens is 2. The molecule has 0 bridgehead atoms. The minimum atomic E-state index is -0.194. The number of benzene rings is 1. The number of aromatic amines is 1. The first-order chi connectivity index (χ1) is 9.60. The Labute approximate surface area is 119 Å². The van der Waals surface area contributed by atoms with Gasteiger partial charge < -0.3 is 9.72 Å². The van der Waals surface area contributed by atoms with Gasteiger partial charge in [-0.2, -0.15) is 5.26 Å². The molecule has 0 aliphatic rings. The molecule has 20 heavy (non-hydrogen) atoms. The van der Waals surface area contributed by atoms with Gasteiger partial charge in [-0.15, -0.1) is 0 Å². The summed E-state index contributed by atoms with van der Waals surface area (Å²) in [7, 11) is 1.67. The molecule has 0 fully saturated rings. The average Bonchev–Trinajstić information content (AvgIpc) is 2.89. The number of nitrogens with one attached hydrogen (secondary N) is 1. The van der Waals surface area contributed by atoms with E-state index in [2.05, 4.69) is 35.1 Å². The first-order valence-corrected chi connectivity index (χ1v) is 6.70. The second kappa shape index (κ2) is 5.79. The van der Waals surface area contributed by atoms with E-state index in [1.807, 2.05) is 13.8 Å². The lowest BCUT2D eigenvalue weighted by molar-refractivity contribution is 0.413. The Morgan fingerprint density at radius 1 is 1.40 bits per heavy atom. The quantitative estimate of drug-likeness (QED) is 0.920. The number of nitriles is 1. The fraction of sp³-hybridized carbons (Fsp3) is 0.375. The maximum atomic E-state index is 9.11. The first kappa shape index (κ1) is 14.1. The fourth-order valence-electron chi connectivity index (χ4n) is 2.42. The highest BCUT2D eigenvalue weighted by Crippen LogP contribution is 2.33. The van der Waals surface area contributed by atoms with Crippen LogP contribution in [0.15, 0.2) is 18.3 Å². The van der Waals surface area contributed by atoms with Crippen LogP contribution in [0.4, 0.5) is 0 Å². The Morgan fingerprint density at radius 3 is 2.75 bits per heavy atom. The van der Waals surface area contributed by atoms with Gasteiger partial charge in [0.25, 0.3) is 0 Å². The van der Waals surface area contributed by atoms with Gasteiger partial charge in [-0.05, 0) is 37.5 Å². The van der Waals surface area contributed by atoms with Gasteiger partial charge in [-0.1, -0.05) is 13.0 Å². The number of methoxy groups -OCH3 is 1. The SMILES string of the molecule is CCC(C#N)c1ncc(-c2cc(C)cc(C)c2OC)[nH]1. The van der Waals surface area contributed by atoms with Gasteiger partial charge in [0.2, 0.25) is 0 Å². The molecule has 0 amide bonds. The molecule has 0 spiro atoms. The predicted molar refractivity (Wildman–Crippen MR) is 78.7 cm³/mol. The molecule has 1 N–H and O–H groups in total. The lowest BCUT2D eigenvalue weighted by Gasteiger charge is -2.11. The summed E-state index contributed by atoms with van der Waals surface area (Å²) >= 11 is 0. The summed E-state index contributed by atoms with van der Waals surface area (Å²) in [6.45, 7) is 6.06. The molecule has 4 heteroatoms. The Balaban J connectivity index is 2.50. The van der Waals surface area contributed by atoms with Crippen molar-refractivity contribution in [2.45, 2.75) is 33.1 Å². The lowest BCUT2D eigenvalue weighted by Crippen LogP contribution is -1.97. The van der Waals surface area contributed by atoms with Gasteiger partial charge in [0.05, 0.1) is 25.1 Å². The molecule has 4 nitrogen and oxygen atoms in total. The maximum absolute atomic E-state index is 9.11. The Morgan fingerprint density at radius 2 is 2.15 bits per heavy atom. The molecule has 1 aromatic heterocycles. The van der Waals surface area contributed by atoms with E-state index in [9.17, 15) is 0 Å². The van der Waals surface area contributed by atoms with Crippen molar-refractivity contribution in [2.24, 2.45) is 0 Å². The first-order valence-electron chi connectivity index (χ1n) is 6.70. The zero-order chi connectivity index (χ0) is 14.7. The van der Waals surface area contributed by atoms with Crippen molar-refractivity contribution < 1.29 is 4.74 Å². The van der Waals surface area contributed by atoms with Crippen LogP contribution >= 0.6 is 0 Å². The summed E-state index contributed by atoms with van der Waals surface area (Å²) in [6, 6.07) is 6.41. The summed E-state index contributed by atoms with van der Waals surface area (Å²) in [5.74, 6) is 1.36. The highest BCUT2D eigenvalue weighted by molar-refractivity contribution is 5.70. The van der Waals surface area contributed by atoms with Crippen molar-refractivity contribution in [3.63, 3.8) is 0 Å². The third-order valence-electron chi connectivity index (χ3n) is 3.40. The summed E-state index contributed by atoms with van der Waals surface area (Å²) in [5, 5.41) is 9.11. The Hall–Kier alpha value is -2.28. The number of aryl methyl sites for hydroxylation is 2. The number of H-pyrrole nitrogens is 1. The number of rotatable bonds is 4. The fourth-order valence-corrected chi connectivity index (χ4v) is 2.42. The monoisotopic (exact) mass is 269 g/mol. The number of hydrogen-bond acceptors (Lipinski definition) is 3. The van der Waals surface area contributed by atoms with Gasteiger partial charge in [-0.25, -0.2) is 4.98 Å². The van der Waals surface area contributed by atoms with Crippen LogP contribution in [-0.2, 0) is 0 Å². The molecule has 0 saturated heterocycles. The molecule has 1 aromatic carbocycles. The molecule has 104 valence electrons. The molecular formula is C16H19N3O. The van der Waals surface area contributed by atoms with E-state index in [0.29, 0.717) is 5.82 Å². The van der Waals surface area contributed by atoms with E-state index >= 15 is 0 Å². The lowest BCUT2D eigenvalue weighted by atomic mass is 10.0. The van der Waals surface area contributed by atoms with Crippen LogP contribution in [0.3, 0.4) is 0 Å². The molecule has 0 aliphatic carbocycles.